The number of hydrogen-bond donors (Lipinski definition) is 1. The van der Waals surface area contributed by atoms with Gasteiger partial charge in [-0.3, -0.25) is 14.5 Å². The lowest BCUT2D eigenvalue weighted by Gasteiger charge is -2.40. The topological polar surface area (TPSA) is 69.7 Å². The number of rotatable bonds is 4. The van der Waals surface area contributed by atoms with E-state index in [1.807, 2.05) is 17.5 Å². The van der Waals surface area contributed by atoms with Crippen molar-refractivity contribution in [1.82, 2.24) is 15.1 Å². The number of carbonyl (C=O) groups is 3. The smallest absolute Gasteiger partial charge is 0.325 e. The highest BCUT2D eigenvalue weighted by Crippen LogP contribution is 2.43. The van der Waals surface area contributed by atoms with E-state index in [9.17, 15) is 14.4 Å². The monoisotopic (exact) mass is 391 g/mol. The molecule has 1 N–H and O–H groups in total. The largest absolute Gasteiger partial charge is 0.339 e. The maximum atomic E-state index is 13.0. The van der Waals surface area contributed by atoms with Gasteiger partial charge in [0.15, 0.2) is 0 Å². The molecule has 7 heteroatoms. The SMILES string of the molecule is CN(Cc1cccs1)C(=O)CN1C(=O)NC2(CCC(C(C)(C)C)CC2)C1=O. The van der Waals surface area contributed by atoms with Gasteiger partial charge in [0.25, 0.3) is 5.91 Å². The summed E-state index contributed by atoms with van der Waals surface area (Å²) in [6.45, 7) is 6.95. The molecule has 1 aliphatic heterocycles. The summed E-state index contributed by atoms with van der Waals surface area (Å²) in [6, 6.07) is 3.46. The number of amides is 4. The Labute approximate surface area is 164 Å². The van der Waals surface area contributed by atoms with Crippen LogP contribution < -0.4 is 5.32 Å². The van der Waals surface area contributed by atoms with E-state index >= 15 is 0 Å². The molecule has 3 rings (SSSR count). The molecule has 1 aromatic rings. The molecular formula is C20H29N3O3S. The van der Waals surface area contributed by atoms with Gasteiger partial charge in [-0.25, -0.2) is 4.79 Å². The molecule has 1 spiro atoms. The number of nitrogens with one attached hydrogen (secondary N) is 1. The summed E-state index contributed by atoms with van der Waals surface area (Å²) in [5, 5.41) is 4.86. The van der Waals surface area contributed by atoms with E-state index in [-0.39, 0.29) is 23.8 Å². The van der Waals surface area contributed by atoms with Crippen molar-refractivity contribution in [3.8, 4) is 0 Å². The predicted octanol–water partition coefficient (Wildman–Crippen LogP) is 3.23. The maximum absolute atomic E-state index is 13.0. The molecule has 6 nitrogen and oxygen atoms in total. The normalized spacial score (nSPS) is 25.8. The van der Waals surface area contributed by atoms with Crippen molar-refractivity contribution in [3.05, 3.63) is 22.4 Å². The van der Waals surface area contributed by atoms with Crippen LogP contribution in [0.25, 0.3) is 0 Å². The quantitative estimate of drug-likeness (QED) is 0.801. The van der Waals surface area contributed by atoms with E-state index in [0.29, 0.717) is 25.3 Å². The van der Waals surface area contributed by atoms with Crippen molar-refractivity contribution in [2.75, 3.05) is 13.6 Å². The van der Waals surface area contributed by atoms with Gasteiger partial charge < -0.3 is 10.2 Å². The molecule has 2 heterocycles. The Morgan fingerprint density at radius 2 is 2.00 bits per heavy atom. The number of urea groups is 1. The first-order chi connectivity index (χ1) is 12.6. The zero-order chi connectivity index (χ0) is 19.8. The highest BCUT2D eigenvalue weighted by Gasteiger charge is 2.53. The Morgan fingerprint density at radius 1 is 1.33 bits per heavy atom. The van der Waals surface area contributed by atoms with E-state index in [4.69, 9.17) is 0 Å². The van der Waals surface area contributed by atoms with Crippen molar-refractivity contribution in [3.63, 3.8) is 0 Å². The summed E-state index contributed by atoms with van der Waals surface area (Å²) < 4.78 is 0. The summed E-state index contributed by atoms with van der Waals surface area (Å²) in [5.41, 5.74) is -0.612. The van der Waals surface area contributed by atoms with E-state index in [1.54, 1.807) is 23.3 Å². The van der Waals surface area contributed by atoms with Gasteiger partial charge in [-0.15, -0.1) is 11.3 Å². The summed E-state index contributed by atoms with van der Waals surface area (Å²) >= 11 is 1.58. The van der Waals surface area contributed by atoms with Gasteiger partial charge in [0.05, 0.1) is 6.54 Å². The first-order valence-electron chi connectivity index (χ1n) is 9.53. The van der Waals surface area contributed by atoms with Gasteiger partial charge in [0.2, 0.25) is 5.91 Å². The van der Waals surface area contributed by atoms with Crippen LogP contribution in [-0.2, 0) is 16.1 Å². The second-order valence-electron chi connectivity index (χ2n) is 8.87. The first-order valence-corrected chi connectivity index (χ1v) is 10.4. The summed E-state index contributed by atoms with van der Waals surface area (Å²) in [4.78, 5) is 41.7. The lowest BCUT2D eigenvalue weighted by Crippen LogP contribution is -2.51. The molecule has 1 aliphatic carbocycles. The van der Waals surface area contributed by atoms with Gasteiger partial charge in [-0.1, -0.05) is 26.8 Å². The number of imide groups is 1. The fourth-order valence-corrected chi connectivity index (χ4v) is 4.87. The molecule has 148 valence electrons. The highest BCUT2D eigenvalue weighted by atomic mass is 32.1. The van der Waals surface area contributed by atoms with Crippen molar-refractivity contribution >= 4 is 29.2 Å². The predicted molar refractivity (Wildman–Crippen MR) is 105 cm³/mol. The number of carbonyl (C=O) groups excluding carboxylic acids is 3. The third-order valence-corrected chi connectivity index (χ3v) is 6.86. The standard InChI is InChI=1S/C20H29N3O3S/c1-19(2,3)14-7-9-20(10-8-14)17(25)23(18(26)21-20)13-16(24)22(4)12-15-6-5-11-27-15/h5-6,11,14H,7-10,12-13H2,1-4H3,(H,21,26). The fraction of sp³-hybridized carbons (Fsp3) is 0.650. The molecule has 1 saturated carbocycles. The third-order valence-electron chi connectivity index (χ3n) is 6.00. The lowest BCUT2D eigenvalue weighted by atomic mass is 9.67. The molecule has 0 atom stereocenters. The second-order valence-corrected chi connectivity index (χ2v) is 9.91. The molecule has 1 aromatic heterocycles. The number of thiophene rings is 1. The van der Waals surface area contributed by atoms with Crippen molar-refractivity contribution in [2.45, 2.75) is 58.5 Å². The second kappa shape index (κ2) is 7.26. The molecule has 0 radical (unpaired) electrons. The molecule has 0 aromatic carbocycles. The van der Waals surface area contributed by atoms with Crippen molar-refractivity contribution < 1.29 is 14.4 Å². The molecule has 2 aliphatic rings. The lowest BCUT2D eigenvalue weighted by molar-refractivity contribution is -0.139. The van der Waals surface area contributed by atoms with Crippen LogP contribution in [0.4, 0.5) is 4.79 Å². The minimum Gasteiger partial charge on any atom is -0.339 e. The van der Waals surface area contributed by atoms with Crippen LogP contribution in [0.1, 0.15) is 51.3 Å². The Balaban J connectivity index is 1.62. The average Bonchev–Trinajstić information content (AvgIpc) is 3.17. The van der Waals surface area contributed by atoms with Crippen LogP contribution in [0.5, 0.6) is 0 Å². The van der Waals surface area contributed by atoms with Crippen LogP contribution in [0.2, 0.25) is 0 Å². The third kappa shape index (κ3) is 4.03. The summed E-state index contributed by atoms with van der Waals surface area (Å²) in [5.74, 6) is 0.0745. The number of likely N-dealkylation sites (N-methyl/N-ethyl adjacent to an activating group) is 1. The van der Waals surface area contributed by atoms with Gasteiger partial charge in [-0.2, -0.15) is 0 Å². The maximum Gasteiger partial charge on any atom is 0.325 e. The minimum atomic E-state index is -0.814. The van der Waals surface area contributed by atoms with E-state index < -0.39 is 11.6 Å². The van der Waals surface area contributed by atoms with Crippen LogP contribution in [0.15, 0.2) is 17.5 Å². The van der Waals surface area contributed by atoms with Crippen molar-refractivity contribution in [1.29, 1.82) is 0 Å². The minimum absolute atomic E-state index is 0.197. The first kappa shape index (κ1) is 19.9. The van der Waals surface area contributed by atoms with Crippen LogP contribution >= 0.6 is 11.3 Å². The Morgan fingerprint density at radius 3 is 2.56 bits per heavy atom. The molecule has 1 saturated heterocycles. The van der Waals surface area contributed by atoms with E-state index in [2.05, 4.69) is 26.1 Å². The van der Waals surface area contributed by atoms with Crippen LogP contribution in [0.3, 0.4) is 0 Å². The Hall–Kier alpha value is -1.89. The Kier molecular flexibility index (Phi) is 5.34. The van der Waals surface area contributed by atoms with Crippen molar-refractivity contribution in [2.24, 2.45) is 11.3 Å². The molecule has 0 bridgehead atoms. The molecule has 0 unspecified atom stereocenters. The Bertz CT molecular complexity index is 715. The van der Waals surface area contributed by atoms with E-state index in [0.717, 1.165) is 22.6 Å². The summed E-state index contributed by atoms with van der Waals surface area (Å²) in [7, 11) is 1.70. The molecule has 27 heavy (non-hydrogen) atoms. The van der Waals surface area contributed by atoms with Gasteiger partial charge >= 0.3 is 6.03 Å². The van der Waals surface area contributed by atoms with Crippen LogP contribution in [0, 0.1) is 11.3 Å². The molecular weight excluding hydrogens is 362 g/mol. The average molecular weight is 392 g/mol. The zero-order valence-corrected chi connectivity index (χ0v) is 17.4. The fourth-order valence-electron chi connectivity index (χ4n) is 4.12. The van der Waals surface area contributed by atoms with E-state index in [1.165, 1.54) is 0 Å². The number of hydrogen-bond acceptors (Lipinski definition) is 4. The van der Waals surface area contributed by atoms with Gasteiger partial charge in [0, 0.05) is 11.9 Å². The highest BCUT2D eigenvalue weighted by molar-refractivity contribution is 7.09. The number of nitrogens with zero attached hydrogens (tertiary/aromatic N) is 2. The zero-order valence-electron chi connectivity index (χ0n) is 16.6. The van der Waals surface area contributed by atoms with Gasteiger partial charge in [-0.05, 0) is 48.5 Å². The van der Waals surface area contributed by atoms with Gasteiger partial charge in [0.1, 0.15) is 12.1 Å². The molecule has 4 amide bonds. The summed E-state index contributed by atoms with van der Waals surface area (Å²) in [6.07, 6.45) is 3.12. The molecule has 2 fully saturated rings. The van der Waals surface area contributed by atoms with Crippen LogP contribution in [-0.4, -0.2) is 46.8 Å².